The van der Waals surface area contributed by atoms with Gasteiger partial charge in [0.2, 0.25) is 0 Å². The number of carbonyl (C=O) groups is 1. The number of likely N-dealkylation sites (tertiary alicyclic amines) is 1. The minimum Gasteiger partial charge on any atom is -0.335 e. The molecule has 3 rings (SSSR count). The first-order valence-electron chi connectivity index (χ1n) is 5.60. The molecule has 2 atom stereocenters. The molecule has 1 aromatic rings. The molecule has 1 saturated carbocycles. The van der Waals surface area contributed by atoms with Gasteiger partial charge in [0, 0.05) is 24.3 Å². The highest BCUT2D eigenvalue weighted by molar-refractivity contribution is 5.92. The fraction of sp³-hybridized carbons (Fsp3) is 0.500. The van der Waals surface area contributed by atoms with Crippen molar-refractivity contribution in [2.45, 2.75) is 18.9 Å². The lowest BCUT2D eigenvalue weighted by Gasteiger charge is -2.18. The number of fused-ring (bicyclic) bond motifs is 1. The predicted molar refractivity (Wildman–Crippen MR) is 59.9 cm³/mol. The van der Waals surface area contributed by atoms with E-state index in [-0.39, 0.29) is 11.4 Å². The lowest BCUT2D eigenvalue weighted by atomic mass is 10.2. The van der Waals surface area contributed by atoms with E-state index < -0.39 is 0 Å². The molecule has 4 heteroatoms. The molecule has 16 heavy (non-hydrogen) atoms. The van der Waals surface area contributed by atoms with E-state index in [4.69, 9.17) is 5.73 Å². The number of hydrogen-bond donors (Lipinski definition) is 1. The SMILES string of the molecule is Cc1cccc(C(=O)N2C[C@@H]3C[C@]3(N)C2)n1. The number of aromatic nitrogens is 1. The van der Waals surface area contributed by atoms with Gasteiger partial charge in [0.15, 0.2) is 0 Å². The molecule has 4 nitrogen and oxygen atoms in total. The number of nitrogens with zero attached hydrogens (tertiary/aromatic N) is 2. The van der Waals surface area contributed by atoms with Gasteiger partial charge in [-0.25, -0.2) is 4.98 Å². The highest BCUT2D eigenvalue weighted by Gasteiger charge is 2.58. The van der Waals surface area contributed by atoms with E-state index in [1.807, 2.05) is 24.0 Å². The number of nitrogens with two attached hydrogens (primary N) is 1. The van der Waals surface area contributed by atoms with Crippen LogP contribution in [0.3, 0.4) is 0 Å². The van der Waals surface area contributed by atoms with E-state index in [0.717, 1.165) is 18.7 Å². The lowest BCUT2D eigenvalue weighted by Crippen LogP contribution is -2.37. The first-order chi connectivity index (χ1) is 7.58. The van der Waals surface area contributed by atoms with E-state index in [1.165, 1.54) is 0 Å². The summed E-state index contributed by atoms with van der Waals surface area (Å²) < 4.78 is 0. The fourth-order valence-corrected chi connectivity index (χ4v) is 2.50. The van der Waals surface area contributed by atoms with Crippen LogP contribution in [0.5, 0.6) is 0 Å². The summed E-state index contributed by atoms with van der Waals surface area (Å²) >= 11 is 0. The fourth-order valence-electron chi connectivity index (χ4n) is 2.50. The van der Waals surface area contributed by atoms with Crippen molar-refractivity contribution in [2.75, 3.05) is 13.1 Å². The molecule has 0 bridgehead atoms. The Bertz CT molecular complexity index is 459. The van der Waals surface area contributed by atoms with Crippen molar-refractivity contribution < 1.29 is 4.79 Å². The molecule has 0 spiro atoms. The summed E-state index contributed by atoms with van der Waals surface area (Å²) in [5, 5.41) is 0. The summed E-state index contributed by atoms with van der Waals surface area (Å²) in [4.78, 5) is 18.2. The Morgan fingerprint density at radius 2 is 2.44 bits per heavy atom. The molecule has 1 amide bonds. The molecule has 0 unspecified atom stereocenters. The van der Waals surface area contributed by atoms with Crippen LogP contribution < -0.4 is 5.73 Å². The molecule has 2 N–H and O–H groups in total. The zero-order valence-electron chi connectivity index (χ0n) is 9.31. The van der Waals surface area contributed by atoms with Crippen molar-refractivity contribution in [1.29, 1.82) is 0 Å². The zero-order chi connectivity index (χ0) is 11.3. The van der Waals surface area contributed by atoms with Crippen LogP contribution in [0.25, 0.3) is 0 Å². The number of aryl methyl sites for hydroxylation is 1. The van der Waals surface area contributed by atoms with Crippen LogP contribution in [0.2, 0.25) is 0 Å². The molecule has 0 radical (unpaired) electrons. The van der Waals surface area contributed by atoms with Crippen molar-refractivity contribution >= 4 is 5.91 Å². The lowest BCUT2D eigenvalue weighted by molar-refractivity contribution is 0.0766. The van der Waals surface area contributed by atoms with Crippen molar-refractivity contribution in [3.8, 4) is 0 Å². The maximum Gasteiger partial charge on any atom is 0.272 e. The number of rotatable bonds is 1. The summed E-state index contributed by atoms with van der Waals surface area (Å²) in [6.07, 6.45) is 1.07. The Kier molecular flexibility index (Phi) is 1.86. The molecule has 0 aromatic carbocycles. The van der Waals surface area contributed by atoms with Crippen LogP contribution in [0, 0.1) is 12.8 Å². The third kappa shape index (κ3) is 1.41. The van der Waals surface area contributed by atoms with Gasteiger partial charge in [0.25, 0.3) is 5.91 Å². The normalized spacial score (nSPS) is 31.4. The van der Waals surface area contributed by atoms with Gasteiger partial charge in [-0.15, -0.1) is 0 Å². The second kappa shape index (κ2) is 3.04. The summed E-state index contributed by atoms with van der Waals surface area (Å²) in [5.41, 5.74) is 7.40. The largest absolute Gasteiger partial charge is 0.335 e. The average Bonchev–Trinajstić information content (AvgIpc) is 2.76. The third-order valence-electron chi connectivity index (χ3n) is 3.60. The molecule has 2 heterocycles. The van der Waals surface area contributed by atoms with E-state index in [1.54, 1.807) is 6.07 Å². The molecular weight excluding hydrogens is 202 g/mol. The molecular formula is C12H15N3O. The van der Waals surface area contributed by atoms with E-state index >= 15 is 0 Å². The van der Waals surface area contributed by atoms with Gasteiger partial charge in [-0.1, -0.05) is 6.07 Å². The Balaban J connectivity index is 1.79. The van der Waals surface area contributed by atoms with Crippen LogP contribution in [0.1, 0.15) is 22.6 Å². The highest BCUT2D eigenvalue weighted by Crippen LogP contribution is 2.47. The second-order valence-electron chi connectivity index (χ2n) is 4.98. The Labute approximate surface area is 94.5 Å². The van der Waals surface area contributed by atoms with Gasteiger partial charge < -0.3 is 10.6 Å². The number of hydrogen-bond acceptors (Lipinski definition) is 3. The van der Waals surface area contributed by atoms with Gasteiger partial charge in [0.1, 0.15) is 5.69 Å². The summed E-state index contributed by atoms with van der Waals surface area (Å²) in [6, 6.07) is 5.52. The first-order valence-corrected chi connectivity index (χ1v) is 5.60. The van der Waals surface area contributed by atoms with Crippen LogP contribution in [0.15, 0.2) is 18.2 Å². The molecule has 84 valence electrons. The maximum atomic E-state index is 12.1. The molecule has 1 aromatic heterocycles. The van der Waals surface area contributed by atoms with Gasteiger partial charge in [0.05, 0.1) is 0 Å². The average molecular weight is 217 g/mol. The van der Waals surface area contributed by atoms with Crippen LogP contribution in [-0.2, 0) is 0 Å². The quantitative estimate of drug-likeness (QED) is 0.748. The van der Waals surface area contributed by atoms with E-state index in [2.05, 4.69) is 4.98 Å². The van der Waals surface area contributed by atoms with Crippen LogP contribution in [-0.4, -0.2) is 34.4 Å². The smallest absolute Gasteiger partial charge is 0.272 e. The first kappa shape index (κ1) is 9.78. The minimum atomic E-state index is -0.0838. The van der Waals surface area contributed by atoms with Crippen LogP contribution >= 0.6 is 0 Å². The number of pyridine rings is 1. The van der Waals surface area contributed by atoms with Crippen molar-refractivity contribution in [3.05, 3.63) is 29.6 Å². The van der Waals surface area contributed by atoms with Crippen LogP contribution in [0.4, 0.5) is 0 Å². The van der Waals surface area contributed by atoms with E-state index in [0.29, 0.717) is 18.2 Å². The number of carbonyl (C=O) groups excluding carboxylic acids is 1. The standard InChI is InChI=1S/C12H15N3O/c1-8-3-2-4-10(14-8)11(16)15-6-9-5-12(9,13)7-15/h2-4,9H,5-7,13H2,1H3/t9-,12-/m0/s1. The summed E-state index contributed by atoms with van der Waals surface area (Å²) in [6.45, 7) is 3.37. The Morgan fingerprint density at radius 1 is 1.62 bits per heavy atom. The maximum absolute atomic E-state index is 12.1. The number of piperidine rings is 1. The van der Waals surface area contributed by atoms with Crippen molar-refractivity contribution in [1.82, 2.24) is 9.88 Å². The van der Waals surface area contributed by atoms with Crippen molar-refractivity contribution in [2.24, 2.45) is 11.7 Å². The molecule has 2 aliphatic rings. The Hall–Kier alpha value is -1.42. The number of amides is 1. The summed E-state index contributed by atoms with van der Waals surface area (Å²) in [7, 11) is 0. The van der Waals surface area contributed by atoms with Gasteiger partial charge in [-0.05, 0) is 31.4 Å². The molecule has 1 saturated heterocycles. The predicted octanol–water partition coefficient (Wildman–Crippen LogP) is 0.563. The second-order valence-corrected chi connectivity index (χ2v) is 4.98. The minimum absolute atomic E-state index is 0.0146. The summed E-state index contributed by atoms with van der Waals surface area (Å²) in [5.74, 6) is 0.530. The van der Waals surface area contributed by atoms with Gasteiger partial charge in [-0.3, -0.25) is 4.79 Å². The van der Waals surface area contributed by atoms with Gasteiger partial charge in [-0.2, -0.15) is 0 Å². The molecule has 2 fully saturated rings. The Morgan fingerprint density at radius 3 is 3.06 bits per heavy atom. The molecule has 1 aliphatic carbocycles. The van der Waals surface area contributed by atoms with E-state index in [9.17, 15) is 4.79 Å². The third-order valence-corrected chi connectivity index (χ3v) is 3.60. The highest BCUT2D eigenvalue weighted by atomic mass is 16.2. The molecule has 1 aliphatic heterocycles. The van der Waals surface area contributed by atoms with Gasteiger partial charge >= 0.3 is 0 Å². The zero-order valence-corrected chi connectivity index (χ0v) is 9.31. The van der Waals surface area contributed by atoms with Crippen molar-refractivity contribution in [3.63, 3.8) is 0 Å². The monoisotopic (exact) mass is 217 g/mol. The topological polar surface area (TPSA) is 59.2 Å².